The van der Waals surface area contributed by atoms with Crippen LogP contribution >= 0.6 is 23.1 Å². The van der Waals surface area contributed by atoms with E-state index in [0.29, 0.717) is 59.8 Å². The molecule has 4 rings (SSSR count). The molecule has 1 saturated heterocycles. The summed E-state index contributed by atoms with van der Waals surface area (Å²) < 4.78 is 39.5. The number of hydrogen-bond donors (Lipinski definition) is 1. The van der Waals surface area contributed by atoms with Gasteiger partial charge in [0.25, 0.3) is 0 Å². The van der Waals surface area contributed by atoms with Crippen molar-refractivity contribution >= 4 is 55.8 Å². The summed E-state index contributed by atoms with van der Waals surface area (Å²) in [6.45, 7) is 8.70. The Labute approximate surface area is 246 Å². The van der Waals surface area contributed by atoms with Crippen molar-refractivity contribution in [3.63, 3.8) is 0 Å². The molecule has 0 saturated carbocycles. The number of carbonyl (C=O) groups is 3. The summed E-state index contributed by atoms with van der Waals surface area (Å²) >= 11 is 2.21. The number of ether oxygens (including phenoxy) is 2. The second kappa shape index (κ2) is 13.2. The van der Waals surface area contributed by atoms with Crippen LogP contribution in [0.3, 0.4) is 0 Å². The van der Waals surface area contributed by atoms with Gasteiger partial charge in [-0.05, 0) is 57.5 Å². The molecule has 15 heteroatoms. The third kappa shape index (κ3) is 6.70. The third-order valence-electron chi connectivity index (χ3n) is 6.28. The van der Waals surface area contributed by atoms with Crippen molar-refractivity contribution in [1.29, 1.82) is 0 Å². The predicted octanol–water partition coefficient (Wildman–Crippen LogP) is 3.47. The van der Waals surface area contributed by atoms with Crippen molar-refractivity contribution in [1.82, 2.24) is 19.1 Å². The molecule has 1 amide bonds. The van der Waals surface area contributed by atoms with Gasteiger partial charge < -0.3 is 19.4 Å². The fourth-order valence-electron chi connectivity index (χ4n) is 4.29. The molecule has 1 N–H and O–H groups in total. The Hall–Kier alpha value is -3.11. The number of thioether (sulfide) groups is 1. The maximum Gasteiger partial charge on any atom is 0.341 e. The Morgan fingerprint density at radius 1 is 1.12 bits per heavy atom. The molecule has 2 aromatic heterocycles. The molecule has 0 unspecified atom stereocenters. The quantitative estimate of drug-likeness (QED) is 0.192. The van der Waals surface area contributed by atoms with Crippen LogP contribution < -0.4 is 5.32 Å². The smallest absolute Gasteiger partial charge is 0.341 e. The van der Waals surface area contributed by atoms with Gasteiger partial charge in [0.1, 0.15) is 5.00 Å². The topological polar surface area (TPSA) is 150 Å². The first kappa shape index (κ1) is 30.8. The number of ketones is 1. The first-order valence-electron chi connectivity index (χ1n) is 12.9. The fraction of sp³-hybridized carbons (Fsp3) is 0.423. The highest BCUT2D eigenvalue weighted by atomic mass is 32.2. The van der Waals surface area contributed by atoms with Crippen LogP contribution in [-0.2, 0) is 30.8 Å². The van der Waals surface area contributed by atoms with Crippen LogP contribution in [-0.4, -0.2) is 83.8 Å². The summed E-state index contributed by atoms with van der Waals surface area (Å²) in [4.78, 5) is 38.0. The molecule has 220 valence electrons. The largest absolute Gasteiger partial charge is 0.462 e. The van der Waals surface area contributed by atoms with Crippen molar-refractivity contribution < 1.29 is 32.3 Å². The van der Waals surface area contributed by atoms with Crippen molar-refractivity contribution in [2.24, 2.45) is 0 Å². The summed E-state index contributed by atoms with van der Waals surface area (Å²) in [6, 6.07) is 6.48. The van der Waals surface area contributed by atoms with E-state index in [1.165, 1.54) is 23.0 Å². The average molecular weight is 622 g/mol. The molecule has 41 heavy (non-hydrogen) atoms. The van der Waals surface area contributed by atoms with Gasteiger partial charge in [0, 0.05) is 25.2 Å². The number of benzene rings is 1. The Morgan fingerprint density at radius 2 is 1.80 bits per heavy atom. The van der Waals surface area contributed by atoms with Crippen LogP contribution in [0, 0.1) is 6.92 Å². The molecule has 12 nitrogen and oxygen atoms in total. The minimum Gasteiger partial charge on any atom is -0.462 e. The van der Waals surface area contributed by atoms with E-state index in [-0.39, 0.29) is 39.5 Å². The Balaban J connectivity index is 1.47. The van der Waals surface area contributed by atoms with Gasteiger partial charge in [-0.3, -0.25) is 9.59 Å². The lowest BCUT2D eigenvalue weighted by atomic mass is 10.1. The number of rotatable bonds is 11. The maximum atomic E-state index is 12.9. The molecule has 3 aromatic rings. The third-order valence-corrected chi connectivity index (χ3v) is 10.5. The SMILES string of the molecule is CCOC(=O)c1c(NC(=O)CSc2nnc(-c3ccc(S(=O)(=O)N4CCOCC4)cc3)n2CC)sc(C(C)=O)c1C. The minimum absolute atomic E-state index is 0.0243. The normalized spacial score (nSPS) is 14.1. The van der Waals surface area contributed by atoms with Gasteiger partial charge in [0.05, 0.1) is 40.9 Å². The van der Waals surface area contributed by atoms with E-state index in [1.54, 1.807) is 38.1 Å². The van der Waals surface area contributed by atoms with E-state index in [0.717, 1.165) is 11.3 Å². The standard InChI is InChI=1S/C26H31N5O7S3/c1-5-31-23(18-7-9-19(10-8-18)41(35,36)30-11-13-37-14-12-30)28-29-26(31)39-15-20(33)27-24-21(25(34)38-6-2)16(3)22(40-24)17(4)32/h7-10H,5-6,11-15H2,1-4H3,(H,27,33). The van der Waals surface area contributed by atoms with Crippen LogP contribution in [0.25, 0.3) is 11.4 Å². The van der Waals surface area contributed by atoms with Gasteiger partial charge in [-0.2, -0.15) is 4.31 Å². The molecule has 0 aliphatic carbocycles. The number of thiophene rings is 1. The molecule has 0 radical (unpaired) electrons. The van der Waals surface area contributed by atoms with Gasteiger partial charge >= 0.3 is 5.97 Å². The minimum atomic E-state index is -3.62. The molecule has 0 bridgehead atoms. The number of aromatic nitrogens is 3. The molecular weight excluding hydrogens is 591 g/mol. The average Bonchev–Trinajstić information content (AvgIpc) is 3.52. The van der Waals surface area contributed by atoms with Crippen LogP contribution in [0.4, 0.5) is 5.00 Å². The zero-order chi connectivity index (χ0) is 29.7. The van der Waals surface area contributed by atoms with Gasteiger partial charge in [0.15, 0.2) is 16.8 Å². The number of Topliss-reactive ketones (excluding diaryl/α,β-unsaturated/α-hetero) is 1. The lowest BCUT2D eigenvalue weighted by Gasteiger charge is -2.26. The van der Waals surface area contributed by atoms with Crippen LogP contribution in [0.5, 0.6) is 0 Å². The summed E-state index contributed by atoms with van der Waals surface area (Å²) in [5.41, 5.74) is 1.34. The van der Waals surface area contributed by atoms with Crippen LogP contribution in [0.15, 0.2) is 34.3 Å². The van der Waals surface area contributed by atoms with Gasteiger partial charge in [-0.15, -0.1) is 21.5 Å². The van der Waals surface area contributed by atoms with E-state index in [1.807, 2.05) is 11.5 Å². The molecule has 0 spiro atoms. The van der Waals surface area contributed by atoms with Crippen molar-refractivity contribution in [2.45, 2.75) is 44.3 Å². The number of anilines is 1. The highest BCUT2D eigenvalue weighted by Crippen LogP contribution is 2.34. The number of esters is 1. The number of nitrogens with zero attached hydrogens (tertiary/aromatic N) is 4. The number of sulfonamides is 1. The van der Waals surface area contributed by atoms with E-state index >= 15 is 0 Å². The monoisotopic (exact) mass is 621 g/mol. The summed E-state index contributed by atoms with van der Waals surface area (Å²) in [7, 11) is -3.62. The Bertz CT molecular complexity index is 1540. The second-order valence-corrected chi connectivity index (χ2v) is 12.9. The van der Waals surface area contributed by atoms with Crippen LogP contribution in [0.1, 0.15) is 46.4 Å². The lowest BCUT2D eigenvalue weighted by Crippen LogP contribution is -2.40. The number of morpholine rings is 1. The lowest BCUT2D eigenvalue weighted by molar-refractivity contribution is -0.113. The Morgan fingerprint density at radius 3 is 2.41 bits per heavy atom. The number of amides is 1. The molecule has 1 aromatic carbocycles. The van der Waals surface area contributed by atoms with Gasteiger partial charge in [-0.25, -0.2) is 13.2 Å². The molecule has 3 heterocycles. The van der Waals surface area contributed by atoms with Gasteiger partial charge in [0.2, 0.25) is 15.9 Å². The highest BCUT2D eigenvalue weighted by Gasteiger charge is 2.27. The zero-order valence-corrected chi connectivity index (χ0v) is 25.6. The van der Waals surface area contributed by atoms with Crippen molar-refractivity contribution in [2.75, 3.05) is 44.0 Å². The summed E-state index contributed by atoms with van der Waals surface area (Å²) in [5.74, 6) is -0.681. The molecule has 1 fully saturated rings. The van der Waals surface area contributed by atoms with Crippen molar-refractivity contribution in [3.8, 4) is 11.4 Å². The molecule has 1 aliphatic heterocycles. The van der Waals surface area contributed by atoms with E-state index in [4.69, 9.17) is 9.47 Å². The number of carbonyl (C=O) groups excluding carboxylic acids is 3. The first-order valence-corrected chi connectivity index (χ1v) is 16.2. The predicted molar refractivity (Wildman–Crippen MR) is 155 cm³/mol. The summed E-state index contributed by atoms with van der Waals surface area (Å²) in [5, 5.41) is 12.0. The van der Waals surface area contributed by atoms with Crippen molar-refractivity contribution in [3.05, 3.63) is 40.3 Å². The zero-order valence-electron chi connectivity index (χ0n) is 23.1. The molecule has 0 atom stereocenters. The van der Waals surface area contributed by atoms with E-state index < -0.39 is 16.0 Å². The molecule has 1 aliphatic rings. The van der Waals surface area contributed by atoms with E-state index in [9.17, 15) is 22.8 Å². The maximum absolute atomic E-state index is 12.9. The first-order chi connectivity index (χ1) is 19.6. The van der Waals surface area contributed by atoms with E-state index in [2.05, 4.69) is 15.5 Å². The summed E-state index contributed by atoms with van der Waals surface area (Å²) in [6.07, 6.45) is 0. The fourth-order valence-corrected chi connectivity index (χ4v) is 7.60. The van der Waals surface area contributed by atoms with Crippen LogP contribution in [0.2, 0.25) is 0 Å². The number of hydrogen-bond acceptors (Lipinski definition) is 11. The number of nitrogens with one attached hydrogen (secondary N) is 1. The highest BCUT2D eigenvalue weighted by molar-refractivity contribution is 7.99. The Kier molecular flexibility index (Phi) is 9.96. The van der Waals surface area contributed by atoms with Gasteiger partial charge in [-0.1, -0.05) is 11.8 Å². The molecular formula is C26H31N5O7S3. The second-order valence-electron chi connectivity index (χ2n) is 8.97.